The van der Waals surface area contributed by atoms with Gasteiger partial charge < -0.3 is 0 Å². The second kappa shape index (κ2) is 11.4. The zero-order valence-electron chi connectivity index (χ0n) is 26.2. The van der Waals surface area contributed by atoms with Crippen molar-refractivity contribution in [3.8, 4) is 44.5 Å². The standard InChI is InChI=1S/C47H29N/c1-48-36-26-23-32(24-27-36)31-19-21-33(22-20-31)35-25-28-43-44(29-35)39-15-7-8-16-40(39)46-30-45(41-17-9-10-18-42(41)47(43)46)38-14-6-5-13-37(38)34-11-3-2-4-12-34/h2-30H. The van der Waals surface area contributed by atoms with Crippen LogP contribution < -0.4 is 0 Å². The molecule has 9 rings (SSSR count). The van der Waals surface area contributed by atoms with Gasteiger partial charge in [0.15, 0.2) is 5.69 Å². The summed E-state index contributed by atoms with van der Waals surface area (Å²) < 4.78 is 0. The molecule has 0 saturated carbocycles. The number of hydrogen-bond acceptors (Lipinski definition) is 0. The van der Waals surface area contributed by atoms with E-state index in [1.165, 1.54) is 76.5 Å². The van der Waals surface area contributed by atoms with Crippen LogP contribution in [-0.2, 0) is 0 Å². The molecule has 0 unspecified atom stereocenters. The fourth-order valence-corrected chi connectivity index (χ4v) is 7.39. The van der Waals surface area contributed by atoms with E-state index in [1.54, 1.807) is 0 Å². The smallest absolute Gasteiger partial charge is 0.187 e. The zero-order valence-corrected chi connectivity index (χ0v) is 26.2. The molecule has 0 radical (unpaired) electrons. The van der Waals surface area contributed by atoms with Gasteiger partial charge in [-0.2, -0.15) is 0 Å². The molecule has 0 aliphatic carbocycles. The topological polar surface area (TPSA) is 4.36 Å². The number of nitrogens with zero attached hydrogens (tertiary/aromatic N) is 1. The predicted octanol–water partition coefficient (Wildman–Crippen LogP) is 13.5. The molecule has 0 bridgehead atoms. The lowest BCUT2D eigenvalue weighted by atomic mass is 9.85. The Morgan fingerprint density at radius 2 is 0.792 bits per heavy atom. The van der Waals surface area contributed by atoms with Gasteiger partial charge in [0.25, 0.3) is 0 Å². The summed E-state index contributed by atoms with van der Waals surface area (Å²) >= 11 is 0. The Morgan fingerprint density at radius 1 is 0.292 bits per heavy atom. The van der Waals surface area contributed by atoms with Gasteiger partial charge in [0.2, 0.25) is 0 Å². The molecular formula is C47H29N. The molecule has 0 saturated heterocycles. The van der Waals surface area contributed by atoms with E-state index >= 15 is 0 Å². The summed E-state index contributed by atoms with van der Waals surface area (Å²) in [7, 11) is 0. The molecule has 9 aromatic carbocycles. The maximum absolute atomic E-state index is 7.24. The highest BCUT2D eigenvalue weighted by Gasteiger charge is 2.17. The highest BCUT2D eigenvalue weighted by molar-refractivity contribution is 6.33. The minimum Gasteiger partial charge on any atom is -0.238 e. The fourth-order valence-electron chi connectivity index (χ4n) is 7.39. The second-order valence-electron chi connectivity index (χ2n) is 12.3. The molecule has 222 valence electrons. The van der Waals surface area contributed by atoms with Crippen LogP contribution in [0.5, 0.6) is 0 Å². The summed E-state index contributed by atoms with van der Waals surface area (Å²) in [6.45, 7) is 7.24. The summed E-state index contributed by atoms with van der Waals surface area (Å²) in [5, 5.41) is 10.1. The summed E-state index contributed by atoms with van der Waals surface area (Å²) in [6, 6.07) is 63.2. The Kier molecular flexibility index (Phi) is 6.59. The van der Waals surface area contributed by atoms with Crippen LogP contribution in [0.25, 0.3) is 92.4 Å². The van der Waals surface area contributed by atoms with E-state index in [-0.39, 0.29) is 0 Å². The predicted molar refractivity (Wildman–Crippen MR) is 204 cm³/mol. The van der Waals surface area contributed by atoms with Crippen LogP contribution in [0.2, 0.25) is 0 Å². The molecule has 9 aromatic rings. The SMILES string of the molecule is [C-]#[N+]c1ccc(-c2ccc(-c3ccc4c(c3)c3ccccc3c3cc(-c5ccccc5-c5ccccc5)c5ccccc5c43)cc2)cc1. The first-order valence-electron chi connectivity index (χ1n) is 16.3. The number of fused-ring (bicyclic) bond motifs is 8. The maximum Gasteiger partial charge on any atom is 0.187 e. The first kappa shape index (κ1) is 27.8. The van der Waals surface area contributed by atoms with Crippen molar-refractivity contribution in [2.45, 2.75) is 0 Å². The number of rotatable bonds is 4. The van der Waals surface area contributed by atoms with Gasteiger partial charge in [0.1, 0.15) is 0 Å². The molecule has 0 atom stereocenters. The van der Waals surface area contributed by atoms with Crippen molar-refractivity contribution >= 4 is 48.8 Å². The van der Waals surface area contributed by atoms with Crippen molar-refractivity contribution < 1.29 is 0 Å². The van der Waals surface area contributed by atoms with Gasteiger partial charge in [-0.1, -0.05) is 164 Å². The molecule has 0 amide bonds. The Hall–Kier alpha value is -6.49. The molecule has 0 fully saturated rings. The lowest BCUT2D eigenvalue weighted by molar-refractivity contribution is 1.60. The third kappa shape index (κ3) is 4.55. The van der Waals surface area contributed by atoms with E-state index in [1.807, 2.05) is 24.3 Å². The van der Waals surface area contributed by atoms with Gasteiger partial charge in [-0.05, 0) is 99.7 Å². The second-order valence-corrected chi connectivity index (χ2v) is 12.3. The van der Waals surface area contributed by atoms with Crippen LogP contribution in [0.1, 0.15) is 0 Å². The Morgan fingerprint density at radius 3 is 1.48 bits per heavy atom. The molecule has 0 aliphatic rings. The Balaban J connectivity index is 1.26. The van der Waals surface area contributed by atoms with E-state index in [2.05, 4.69) is 157 Å². The van der Waals surface area contributed by atoms with Gasteiger partial charge >= 0.3 is 0 Å². The highest BCUT2D eigenvalue weighted by atomic mass is 14.6. The fraction of sp³-hybridized carbons (Fsp3) is 0. The summed E-state index contributed by atoms with van der Waals surface area (Å²) in [5.74, 6) is 0. The minimum atomic E-state index is 0.660. The first-order chi connectivity index (χ1) is 23.8. The lowest BCUT2D eigenvalue weighted by Crippen LogP contribution is -1.91. The molecule has 0 aliphatic heterocycles. The van der Waals surface area contributed by atoms with Crippen LogP contribution >= 0.6 is 0 Å². The van der Waals surface area contributed by atoms with E-state index in [0.29, 0.717) is 5.69 Å². The van der Waals surface area contributed by atoms with Crippen LogP contribution in [0.4, 0.5) is 5.69 Å². The van der Waals surface area contributed by atoms with Gasteiger partial charge in [0, 0.05) is 0 Å². The normalized spacial score (nSPS) is 11.3. The third-order valence-corrected chi connectivity index (χ3v) is 9.69. The Bertz CT molecular complexity index is 2700. The maximum atomic E-state index is 7.24. The van der Waals surface area contributed by atoms with Crippen LogP contribution in [0.15, 0.2) is 176 Å². The van der Waals surface area contributed by atoms with Gasteiger partial charge in [-0.3, -0.25) is 0 Å². The van der Waals surface area contributed by atoms with Crippen molar-refractivity contribution in [3.05, 3.63) is 187 Å². The quantitative estimate of drug-likeness (QED) is 0.138. The largest absolute Gasteiger partial charge is 0.238 e. The van der Waals surface area contributed by atoms with Crippen molar-refractivity contribution in [1.82, 2.24) is 0 Å². The summed E-state index contributed by atoms with van der Waals surface area (Å²) in [4.78, 5) is 3.52. The monoisotopic (exact) mass is 607 g/mol. The molecule has 0 N–H and O–H groups in total. The van der Waals surface area contributed by atoms with E-state index in [9.17, 15) is 0 Å². The number of hydrogen-bond donors (Lipinski definition) is 0. The van der Waals surface area contributed by atoms with Gasteiger partial charge in [-0.25, -0.2) is 4.85 Å². The van der Waals surface area contributed by atoms with E-state index in [4.69, 9.17) is 6.57 Å². The van der Waals surface area contributed by atoms with Crippen LogP contribution in [0, 0.1) is 6.57 Å². The van der Waals surface area contributed by atoms with Crippen molar-refractivity contribution in [2.75, 3.05) is 0 Å². The molecule has 1 heteroatoms. The molecular weight excluding hydrogens is 579 g/mol. The van der Waals surface area contributed by atoms with Crippen LogP contribution in [-0.4, -0.2) is 0 Å². The minimum absolute atomic E-state index is 0.660. The van der Waals surface area contributed by atoms with Crippen molar-refractivity contribution in [1.29, 1.82) is 0 Å². The van der Waals surface area contributed by atoms with Crippen molar-refractivity contribution in [3.63, 3.8) is 0 Å². The Labute approximate surface area is 279 Å². The van der Waals surface area contributed by atoms with E-state index < -0.39 is 0 Å². The molecule has 1 nitrogen and oxygen atoms in total. The molecule has 0 spiro atoms. The number of benzene rings is 9. The average molecular weight is 608 g/mol. The summed E-state index contributed by atoms with van der Waals surface area (Å²) in [6.07, 6.45) is 0. The van der Waals surface area contributed by atoms with Gasteiger partial charge in [0.05, 0.1) is 6.57 Å². The van der Waals surface area contributed by atoms with E-state index in [0.717, 1.165) is 11.1 Å². The third-order valence-electron chi connectivity index (χ3n) is 9.69. The zero-order chi connectivity index (χ0) is 32.0. The highest BCUT2D eigenvalue weighted by Crippen LogP contribution is 2.45. The molecule has 0 heterocycles. The van der Waals surface area contributed by atoms with Crippen molar-refractivity contribution in [2.24, 2.45) is 0 Å². The van der Waals surface area contributed by atoms with Crippen LogP contribution in [0.3, 0.4) is 0 Å². The molecule has 0 aromatic heterocycles. The summed E-state index contributed by atoms with van der Waals surface area (Å²) in [5.41, 5.74) is 10.2. The first-order valence-corrected chi connectivity index (χ1v) is 16.3. The molecule has 48 heavy (non-hydrogen) atoms. The lowest BCUT2D eigenvalue weighted by Gasteiger charge is -2.18. The van der Waals surface area contributed by atoms with Gasteiger partial charge in [-0.15, -0.1) is 0 Å². The average Bonchev–Trinajstić information content (AvgIpc) is 3.18.